The van der Waals surface area contributed by atoms with Crippen molar-refractivity contribution < 1.29 is 14.8 Å². The molecule has 0 bridgehead atoms. The number of rotatable bonds is 3. The SMILES string of the molecule is COC(C)c1ncccc1B(O)O. The van der Waals surface area contributed by atoms with E-state index in [1.165, 1.54) is 0 Å². The van der Waals surface area contributed by atoms with Crippen LogP contribution in [0.2, 0.25) is 0 Å². The molecule has 1 aromatic rings. The molecule has 0 saturated carbocycles. The Balaban J connectivity index is 3.04. The molecule has 0 radical (unpaired) electrons. The molecule has 2 N–H and O–H groups in total. The molecule has 0 aromatic carbocycles. The zero-order valence-electron chi connectivity index (χ0n) is 7.64. The number of nitrogens with zero attached hydrogens (tertiary/aromatic N) is 1. The molecular weight excluding hydrogens is 169 g/mol. The van der Waals surface area contributed by atoms with Crippen LogP contribution in [0.15, 0.2) is 18.3 Å². The number of pyridine rings is 1. The summed E-state index contributed by atoms with van der Waals surface area (Å²) in [4.78, 5) is 4.03. The molecule has 1 heterocycles. The van der Waals surface area contributed by atoms with Crippen molar-refractivity contribution >= 4 is 12.6 Å². The number of methoxy groups -OCH3 is 1. The molecule has 1 unspecified atom stereocenters. The zero-order chi connectivity index (χ0) is 9.84. The fourth-order valence-corrected chi connectivity index (χ4v) is 1.10. The van der Waals surface area contributed by atoms with E-state index in [4.69, 9.17) is 14.8 Å². The van der Waals surface area contributed by atoms with Gasteiger partial charge in [-0.3, -0.25) is 4.98 Å². The highest BCUT2D eigenvalue weighted by molar-refractivity contribution is 6.59. The van der Waals surface area contributed by atoms with Gasteiger partial charge in [0, 0.05) is 18.8 Å². The Labute approximate surface area is 77.3 Å². The molecule has 1 rings (SSSR count). The van der Waals surface area contributed by atoms with Crippen molar-refractivity contribution in [3.8, 4) is 0 Å². The van der Waals surface area contributed by atoms with Gasteiger partial charge < -0.3 is 14.8 Å². The average molecular weight is 181 g/mol. The van der Waals surface area contributed by atoms with E-state index in [2.05, 4.69) is 4.98 Å². The first-order chi connectivity index (χ1) is 6.16. The van der Waals surface area contributed by atoms with Crippen molar-refractivity contribution in [1.82, 2.24) is 4.98 Å². The van der Waals surface area contributed by atoms with Gasteiger partial charge in [-0.25, -0.2) is 0 Å². The van der Waals surface area contributed by atoms with Crippen molar-refractivity contribution in [2.45, 2.75) is 13.0 Å². The van der Waals surface area contributed by atoms with Gasteiger partial charge in [-0.15, -0.1) is 0 Å². The molecule has 4 nitrogen and oxygen atoms in total. The fraction of sp³-hybridized carbons (Fsp3) is 0.375. The van der Waals surface area contributed by atoms with Gasteiger partial charge in [-0.05, 0) is 13.0 Å². The highest BCUT2D eigenvalue weighted by Crippen LogP contribution is 2.09. The highest BCUT2D eigenvalue weighted by atomic mass is 16.5. The Hall–Kier alpha value is -0.905. The summed E-state index contributed by atoms with van der Waals surface area (Å²) in [5, 5.41) is 18.0. The number of hydrogen-bond donors (Lipinski definition) is 2. The topological polar surface area (TPSA) is 62.6 Å². The summed E-state index contributed by atoms with van der Waals surface area (Å²) < 4.78 is 5.04. The lowest BCUT2D eigenvalue weighted by Crippen LogP contribution is -2.34. The van der Waals surface area contributed by atoms with Crippen LogP contribution in [0.4, 0.5) is 0 Å². The first-order valence-electron chi connectivity index (χ1n) is 4.00. The van der Waals surface area contributed by atoms with Crippen LogP contribution in [0.1, 0.15) is 18.7 Å². The van der Waals surface area contributed by atoms with Crippen LogP contribution in [-0.2, 0) is 4.74 Å². The second-order valence-corrected chi connectivity index (χ2v) is 2.73. The van der Waals surface area contributed by atoms with E-state index in [-0.39, 0.29) is 6.10 Å². The van der Waals surface area contributed by atoms with Crippen molar-refractivity contribution in [2.24, 2.45) is 0 Å². The quantitative estimate of drug-likeness (QED) is 0.615. The van der Waals surface area contributed by atoms with Crippen molar-refractivity contribution in [3.05, 3.63) is 24.0 Å². The minimum Gasteiger partial charge on any atom is -0.423 e. The summed E-state index contributed by atoms with van der Waals surface area (Å²) in [6.45, 7) is 1.80. The molecule has 0 aliphatic carbocycles. The van der Waals surface area contributed by atoms with Crippen LogP contribution in [0.5, 0.6) is 0 Å². The van der Waals surface area contributed by atoms with Crippen molar-refractivity contribution in [3.63, 3.8) is 0 Å². The molecule has 0 amide bonds. The predicted octanol–water partition coefficient (Wildman–Crippen LogP) is -0.531. The number of hydrogen-bond acceptors (Lipinski definition) is 4. The molecular formula is C8H12BNO3. The van der Waals surface area contributed by atoms with E-state index in [1.807, 2.05) is 0 Å². The summed E-state index contributed by atoms with van der Waals surface area (Å²) in [5.41, 5.74) is 0.942. The van der Waals surface area contributed by atoms with Crippen LogP contribution in [-0.4, -0.2) is 29.3 Å². The van der Waals surface area contributed by atoms with Gasteiger partial charge in [-0.2, -0.15) is 0 Å². The maximum Gasteiger partial charge on any atom is 0.490 e. The summed E-state index contributed by atoms with van der Waals surface area (Å²) in [5.74, 6) is 0. The molecule has 70 valence electrons. The molecule has 1 atom stereocenters. The Morgan fingerprint density at radius 3 is 2.77 bits per heavy atom. The predicted molar refractivity (Wildman–Crippen MR) is 49.5 cm³/mol. The molecule has 0 saturated heterocycles. The lowest BCUT2D eigenvalue weighted by atomic mass is 9.78. The fourth-order valence-electron chi connectivity index (χ4n) is 1.10. The summed E-state index contributed by atoms with van der Waals surface area (Å²) in [7, 11) is 0.0497. The van der Waals surface area contributed by atoms with E-state index in [9.17, 15) is 0 Å². The third kappa shape index (κ3) is 2.27. The van der Waals surface area contributed by atoms with Crippen LogP contribution < -0.4 is 5.46 Å². The van der Waals surface area contributed by atoms with E-state index in [1.54, 1.807) is 32.4 Å². The molecule has 0 fully saturated rings. The van der Waals surface area contributed by atoms with E-state index in [0.29, 0.717) is 11.2 Å². The van der Waals surface area contributed by atoms with Gasteiger partial charge in [-0.1, -0.05) is 6.07 Å². The summed E-state index contributed by atoms with van der Waals surface area (Å²) in [6, 6.07) is 3.27. The molecule has 0 aliphatic heterocycles. The maximum atomic E-state index is 9.01. The van der Waals surface area contributed by atoms with Crippen LogP contribution >= 0.6 is 0 Å². The van der Waals surface area contributed by atoms with Gasteiger partial charge in [0.1, 0.15) is 0 Å². The first kappa shape index (κ1) is 10.2. The molecule has 13 heavy (non-hydrogen) atoms. The second kappa shape index (κ2) is 4.36. The lowest BCUT2D eigenvalue weighted by molar-refractivity contribution is 0.116. The van der Waals surface area contributed by atoms with E-state index >= 15 is 0 Å². The average Bonchev–Trinajstić information content (AvgIpc) is 2.16. The minimum absolute atomic E-state index is 0.238. The molecule has 0 spiro atoms. The number of ether oxygens (including phenoxy) is 1. The molecule has 5 heteroatoms. The molecule has 1 aromatic heterocycles. The monoisotopic (exact) mass is 181 g/mol. The van der Waals surface area contributed by atoms with Gasteiger partial charge >= 0.3 is 7.12 Å². The Kier molecular flexibility index (Phi) is 3.42. The van der Waals surface area contributed by atoms with Gasteiger partial charge in [0.25, 0.3) is 0 Å². The lowest BCUT2D eigenvalue weighted by Gasteiger charge is -2.12. The van der Waals surface area contributed by atoms with Crippen LogP contribution in [0.25, 0.3) is 0 Å². The summed E-state index contributed by atoms with van der Waals surface area (Å²) in [6.07, 6.45) is 1.36. The Morgan fingerprint density at radius 1 is 1.54 bits per heavy atom. The van der Waals surface area contributed by atoms with Crippen LogP contribution in [0, 0.1) is 0 Å². The van der Waals surface area contributed by atoms with E-state index in [0.717, 1.165) is 0 Å². The normalized spacial score (nSPS) is 12.6. The summed E-state index contributed by atoms with van der Waals surface area (Å²) >= 11 is 0. The standard InChI is InChI=1S/C8H12BNO3/c1-6(13-2)8-7(9(11)12)4-3-5-10-8/h3-6,11-12H,1-2H3. The van der Waals surface area contributed by atoms with Gasteiger partial charge in [0.05, 0.1) is 11.8 Å². The zero-order valence-corrected chi connectivity index (χ0v) is 7.64. The van der Waals surface area contributed by atoms with Gasteiger partial charge in [0.15, 0.2) is 0 Å². The van der Waals surface area contributed by atoms with Crippen molar-refractivity contribution in [2.75, 3.05) is 7.11 Å². The third-order valence-electron chi connectivity index (χ3n) is 1.89. The van der Waals surface area contributed by atoms with Crippen molar-refractivity contribution in [1.29, 1.82) is 0 Å². The van der Waals surface area contributed by atoms with Gasteiger partial charge in [0.2, 0.25) is 0 Å². The minimum atomic E-state index is -1.50. The Bertz CT molecular complexity index is 280. The second-order valence-electron chi connectivity index (χ2n) is 2.73. The first-order valence-corrected chi connectivity index (χ1v) is 4.00. The molecule has 0 aliphatic rings. The van der Waals surface area contributed by atoms with Crippen LogP contribution in [0.3, 0.4) is 0 Å². The Morgan fingerprint density at radius 2 is 2.23 bits per heavy atom. The highest BCUT2D eigenvalue weighted by Gasteiger charge is 2.19. The largest absolute Gasteiger partial charge is 0.490 e. The third-order valence-corrected chi connectivity index (χ3v) is 1.89. The number of aromatic nitrogens is 1. The van der Waals surface area contributed by atoms with E-state index < -0.39 is 7.12 Å². The smallest absolute Gasteiger partial charge is 0.423 e. The maximum absolute atomic E-state index is 9.01.